The third-order valence-electron chi connectivity index (χ3n) is 3.33. The Balaban J connectivity index is 3.64. The maximum atomic E-state index is 6.30. The van der Waals surface area contributed by atoms with Gasteiger partial charge in [-0.15, -0.1) is 0 Å². The van der Waals surface area contributed by atoms with Gasteiger partial charge >= 0.3 is 0 Å². The van der Waals surface area contributed by atoms with Gasteiger partial charge in [-0.2, -0.15) is 0 Å². The minimum atomic E-state index is -1.20. The second-order valence-corrected chi connectivity index (χ2v) is 10.7. The summed E-state index contributed by atoms with van der Waals surface area (Å²) >= 11 is 12.6. The summed E-state index contributed by atoms with van der Waals surface area (Å²) < 4.78 is 5.35. The van der Waals surface area contributed by atoms with Gasteiger partial charge in [-0.3, -0.25) is 0 Å². The van der Waals surface area contributed by atoms with Gasteiger partial charge in [-0.1, -0.05) is 76.2 Å². The molecule has 0 amide bonds. The number of halogens is 2. The highest BCUT2D eigenvalue weighted by molar-refractivity contribution is 8.09. The van der Waals surface area contributed by atoms with E-state index in [0.29, 0.717) is 6.61 Å². The van der Waals surface area contributed by atoms with Crippen LogP contribution < -0.4 is 5.30 Å². The normalized spacial score (nSPS) is 13.1. The third-order valence-corrected chi connectivity index (χ3v) is 5.21. The van der Waals surface area contributed by atoms with Gasteiger partial charge in [0.1, 0.15) is 6.63 Å². The van der Waals surface area contributed by atoms with Gasteiger partial charge in [-0.25, -0.2) is 0 Å². The fourth-order valence-electron chi connectivity index (χ4n) is 2.16. The van der Waals surface area contributed by atoms with Crippen molar-refractivity contribution in [2.75, 3.05) is 7.11 Å². The van der Waals surface area contributed by atoms with Crippen LogP contribution in [0.25, 0.3) is 0 Å². The van der Waals surface area contributed by atoms with Crippen LogP contribution in [-0.2, 0) is 22.2 Å². The van der Waals surface area contributed by atoms with Crippen molar-refractivity contribution in [2.45, 2.75) is 59.0 Å². The van der Waals surface area contributed by atoms with Crippen molar-refractivity contribution in [2.24, 2.45) is 0 Å². The molecule has 0 saturated carbocycles. The molecular weight excluding hydrogens is 310 g/mol. The van der Waals surface area contributed by atoms with Crippen molar-refractivity contribution in [1.82, 2.24) is 0 Å². The smallest absolute Gasteiger partial charge is 0.117 e. The van der Waals surface area contributed by atoms with E-state index in [0.717, 1.165) is 10.9 Å². The van der Waals surface area contributed by atoms with Crippen molar-refractivity contribution in [3.8, 4) is 0 Å². The largest absolute Gasteiger partial charge is 0.380 e. The summed E-state index contributed by atoms with van der Waals surface area (Å²) in [7, 11) is 1.70. The molecule has 1 aromatic carbocycles. The second-order valence-electron chi connectivity index (χ2n) is 7.20. The zero-order chi connectivity index (χ0) is 15.7. The molecule has 20 heavy (non-hydrogen) atoms. The van der Waals surface area contributed by atoms with Gasteiger partial charge in [0.05, 0.1) is 6.61 Å². The van der Waals surface area contributed by atoms with E-state index in [-0.39, 0.29) is 10.8 Å². The van der Waals surface area contributed by atoms with E-state index in [2.05, 4.69) is 53.7 Å². The summed E-state index contributed by atoms with van der Waals surface area (Å²) in [6.07, 6.45) is 0. The summed E-state index contributed by atoms with van der Waals surface area (Å²) in [6.45, 7) is 12.6. The first-order valence-electron chi connectivity index (χ1n) is 6.77. The van der Waals surface area contributed by atoms with Gasteiger partial charge in [0.25, 0.3) is 0 Å². The standard InChI is InChI=1S/C16H25Cl2OP/c1-15(2,3)12-8-11(10-19-7)14(20(17)18)13(9-12)16(4,5)6/h8-9H,10H2,1-7H3. The van der Waals surface area contributed by atoms with Gasteiger partial charge in [0.15, 0.2) is 0 Å². The lowest BCUT2D eigenvalue weighted by atomic mass is 9.79. The molecule has 1 rings (SSSR count). The number of ether oxygens (including phenoxy) is 1. The average Bonchev–Trinajstić information content (AvgIpc) is 2.25. The molecule has 0 saturated heterocycles. The number of hydrogen-bond donors (Lipinski definition) is 0. The molecular formula is C16H25Cl2OP. The molecule has 0 fully saturated rings. The minimum Gasteiger partial charge on any atom is -0.380 e. The lowest BCUT2D eigenvalue weighted by molar-refractivity contribution is 0.185. The van der Waals surface area contributed by atoms with E-state index in [1.165, 1.54) is 11.1 Å². The van der Waals surface area contributed by atoms with Crippen LogP contribution >= 0.6 is 29.1 Å². The Hall–Kier alpha value is 0.190. The number of methoxy groups -OCH3 is 1. The van der Waals surface area contributed by atoms with Crippen LogP contribution in [-0.4, -0.2) is 7.11 Å². The van der Waals surface area contributed by atoms with Crippen LogP contribution in [0, 0.1) is 0 Å². The fraction of sp³-hybridized carbons (Fsp3) is 0.625. The molecule has 0 spiro atoms. The second kappa shape index (κ2) is 6.53. The first-order chi connectivity index (χ1) is 8.98. The third kappa shape index (κ3) is 4.34. The molecule has 0 aliphatic carbocycles. The Morgan fingerprint density at radius 1 is 1.00 bits per heavy atom. The summed E-state index contributed by atoms with van der Waals surface area (Å²) in [5.41, 5.74) is 3.73. The zero-order valence-corrected chi connectivity index (χ0v) is 15.9. The van der Waals surface area contributed by atoms with Crippen molar-refractivity contribution in [3.63, 3.8) is 0 Å². The fourth-order valence-corrected chi connectivity index (χ4v) is 4.29. The van der Waals surface area contributed by atoms with E-state index < -0.39 is 6.63 Å². The number of hydrogen-bond acceptors (Lipinski definition) is 1. The summed E-state index contributed by atoms with van der Waals surface area (Å²) in [5, 5.41) is 1.06. The Bertz CT molecular complexity index is 471. The number of rotatable bonds is 3. The molecule has 0 heterocycles. The molecule has 0 aliphatic rings. The molecule has 0 radical (unpaired) electrons. The van der Waals surface area contributed by atoms with E-state index in [1.54, 1.807) is 7.11 Å². The Morgan fingerprint density at radius 3 is 1.90 bits per heavy atom. The molecule has 0 aliphatic heterocycles. The first kappa shape index (κ1) is 18.2. The predicted octanol–water partition coefficient (Wildman–Crippen LogP) is 5.84. The minimum absolute atomic E-state index is 0.00342. The molecule has 0 aromatic heterocycles. The van der Waals surface area contributed by atoms with Crippen molar-refractivity contribution in [3.05, 3.63) is 28.8 Å². The van der Waals surface area contributed by atoms with E-state index in [1.807, 2.05) is 0 Å². The molecule has 0 atom stereocenters. The molecule has 1 aromatic rings. The SMILES string of the molecule is COCc1cc(C(C)(C)C)cc(C(C)(C)C)c1P(Cl)Cl. The van der Waals surface area contributed by atoms with Crippen LogP contribution in [0.4, 0.5) is 0 Å². The van der Waals surface area contributed by atoms with Crippen LogP contribution in [0.5, 0.6) is 0 Å². The zero-order valence-electron chi connectivity index (χ0n) is 13.5. The maximum Gasteiger partial charge on any atom is 0.117 e. The molecule has 1 nitrogen and oxygen atoms in total. The highest BCUT2D eigenvalue weighted by Crippen LogP contribution is 2.49. The Morgan fingerprint density at radius 2 is 1.55 bits per heavy atom. The molecule has 4 heteroatoms. The highest BCUT2D eigenvalue weighted by Gasteiger charge is 2.27. The Kier molecular flexibility index (Phi) is 5.95. The summed E-state index contributed by atoms with van der Waals surface area (Å²) in [4.78, 5) is 0. The van der Waals surface area contributed by atoms with Gasteiger partial charge < -0.3 is 4.74 Å². The predicted molar refractivity (Wildman–Crippen MR) is 92.8 cm³/mol. The highest BCUT2D eigenvalue weighted by atomic mass is 35.9. The first-order valence-corrected chi connectivity index (χ1v) is 9.92. The van der Waals surface area contributed by atoms with Gasteiger partial charge in [0.2, 0.25) is 0 Å². The molecule has 114 valence electrons. The molecule has 0 bridgehead atoms. The van der Waals surface area contributed by atoms with E-state index >= 15 is 0 Å². The van der Waals surface area contributed by atoms with Crippen LogP contribution in [0.15, 0.2) is 12.1 Å². The lowest BCUT2D eigenvalue weighted by Crippen LogP contribution is -2.26. The Labute approximate surface area is 134 Å². The van der Waals surface area contributed by atoms with Crippen LogP contribution in [0.2, 0.25) is 0 Å². The van der Waals surface area contributed by atoms with Crippen LogP contribution in [0.3, 0.4) is 0 Å². The lowest BCUT2D eigenvalue weighted by Gasteiger charge is -2.29. The van der Waals surface area contributed by atoms with Gasteiger partial charge in [0, 0.05) is 12.4 Å². The maximum absolute atomic E-state index is 6.30. The van der Waals surface area contributed by atoms with Crippen LogP contribution in [0.1, 0.15) is 58.2 Å². The monoisotopic (exact) mass is 334 g/mol. The summed E-state index contributed by atoms with van der Waals surface area (Å²) in [5.74, 6) is 0. The van der Waals surface area contributed by atoms with Gasteiger partial charge in [-0.05, 0) is 27.5 Å². The average molecular weight is 335 g/mol. The quantitative estimate of drug-likeness (QED) is 0.630. The summed E-state index contributed by atoms with van der Waals surface area (Å²) in [6, 6.07) is 4.45. The van der Waals surface area contributed by atoms with Crippen molar-refractivity contribution in [1.29, 1.82) is 0 Å². The number of benzene rings is 1. The van der Waals surface area contributed by atoms with Crippen molar-refractivity contribution < 1.29 is 4.74 Å². The molecule has 0 unspecified atom stereocenters. The topological polar surface area (TPSA) is 9.23 Å². The van der Waals surface area contributed by atoms with E-state index in [4.69, 9.17) is 27.2 Å². The van der Waals surface area contributed by atoms with Crippen molar-refractivity contribution >= 4 is 34.4 Å². The molecule has 0 N–H and O–H groups in total. The van der Waals surface area contributed by atoms with E-state index in [9.17, 15) is 0 Å².